The van der Waals surface area contributed by atoms with E-state index in [2.05, 4.69) is 12.2 Å². The Labute approximate surface area is 72.2 Å². The number of nitrogens with one attached hydrogen (secondary N) is 1. The molecule has 0 fully saturated rings. The predicted molar refractivity (Wildman–Crippen MR) is 48.2 cm³/mol. The second-order valence-electron chi connectivity index (χ2n) is 3.42. The van der Waals surface area contributed by atoms with Crippen molar-refractivity contribution in [1.82, 2.24) is 5.32 Å². The molecule has 12 heavy (non-hydrogen) atoms. The smallest absolute Gasteiger partial charge is 0.115 e. The Balaban J connectivity index is 2.47. The van der Waals surface area contributed by atoms with Crippen LogP contribution in [0.25, 0.3) is 0 Å². The van der Waals surface area contributed by atoms with Crippen molar-refractivity contribution in [3.8, 4) is 5.75 Å². The molecular weight excluding hydrogens is 150 g/mol. The van der Waals surface area contributed by atoms with Gasteiger partial charge in [0.05, 0.1) is 0 Å². The van der Waals surface area contributed by atoms with E-state index in [0.29, 0.717) is 11.7 Å². The van der Waals surface area contributed by atoms with Gasteiger partial charge in [-0.2, -0.15) is 0 Å². The van der Waals surface area contributed by atoms with Crippen molar-refractivity contribution < 1.29 is 5.11 Å². The van der Waals surface area contributed by atoms with Gasteiger partial charge in [-0.3, -0.25) is 0 Å². The maximum atomic E-state index is 9.29. The molecule has 0 aliphatic carbocycles. The third-order valence-electron chi connectivity index (χ3n) is 2.43. The molecule has 0 saturated heterocycles. The number of phenolic OH excluding ortho intramolecular Hbond substituents is 1. The summed E-state index contributed by atoms with van der Waals surface area (Å²) in [6.45, 7) is 4.11. The van der Waals surface area contributed by atoms with Crippen LogP contribution in [0.1, 0.15) is 24.0 Å². The lowest BCUT2D eigenvalue weighted by Gasteiger charge is -2.23. The monoisotopic (exact) mass is 163 g/mol. The Morgan fingerprint density at radius 3 is 3.17 bits per heavy atom. The molecule has 0 saturated carbocycles. The molecule has 1 aromatic rings. The molecule has 2 N–H and O–H groups in total. The molecule has 1 aliphatic heterocycles. The zero-order valence-corrected chi connectivity index (χ0v) is 7.17. The molecule has 1 heterocycles. The summed E-state index contributed by atoms with van der Waals surface area (Å²) in [4.78, 5) is 0. The van der Waals surface area contributed by atoms with Crippen molar-refractivity contribution in [2.45, 2.75) is 19.4 Å². The molecule has 1 unspecified atom stereocenters. The second-order valence-corrected chi connectivity index (χ2v) is 3.42. The second kappa shape index (κ2) is 2.79. The van der Waals surface area contributed by atoms with Crippen LogP contribution in [0.3, 0.4) is 0 Å². The fourth-order valence-electron chi connectivity index (χ4n) is 1.74. The van der Waals surface area contributed by atoms with Gasteiger partial charge in [-0.1, -0.05) is 13.0 Å². The van der Waals surface area contributed by atoms with Crippen molar-refractivity contribution in [1.29, 1.82) is 0 Å². The largest absolute Gasteiger partial charge is 0.508 e. The van der Waals surface area contributed by atoms with Gasteiger partial charge in [-0.15, -0.1) is 0 Å². The normalized spacial score (nSPS) is 21.9. The molecule has 0 spiro atoms. The Morgan fingerprint density at radius 2 is 2.33 bits per heavy atom. The summed E-state index contributed by atoms with van der Waals surface area (Å²) >= 11 is 0. The minimum absolute atomic E-state index is 0.377. The van der Waals surface area contributed by atoms with Gasteiger partial charge in [-0.05, 0) is 29.2 Å². The Bertz CT molecular complexity index is 296. The maximum Gasteiger partial charge on any atom is 0.115 e. The zero-order chi connectivity index (χ0) is 8.55. The van der Waals surface area contributed by atoms with Gasteiger partial charge in [0.1, 0.15) is 5.75 Å². The van der Waals surface area contributed by atoms with Gasteiger partial charge in [0.25, 0.3) is 0 Å². The lowest BCUT2D eigenvalue weighted by atomic mass is 9.92. The van der Waals surface area contributed by atoms with Crippen LogP contribution in [-0.4, -0.2) is 11.7 Å². The summed E-state index contributed by atoms with van der Waals surface area (Å²) in [5.41, 5.74) is 2.60. The van der Waals surface area contributed by atoms with Crippen LogP contribution in [0, 0.1) is 0 Å². The summed E-state index contributed by atoms with van der Waals surface area (Å²) in [7, 11) is 0. The molecular formula is C10H13NO. The molecule has 0 aromatic heterocycles. The summed E-state index contributed by atoms with van der Waals surface area (Å²) in [5.74, 6) is 0.892. The fraction of sp³-hybridized carbons (Fsp3) is 0.400. The van der Waals surface area contributed by atoms with Crippen molar-refractivity contribution in [2.75, 3.05) is 6.54 Å². The van der Waals surface area contributed by atoms with E-state index in [-0.39, 0.29) is 0 Å². The SMILES string of the molecule is CC1CNCc2ccc(O)cc21. The van der Waals surface area contributed by atoms with Crippen LogP contribution in [0.4, 0.5) is 0 Å². The molecule has 2 heteroatoms. The number of aromatic hydroxyl groups is 1. The molecule has 2 nitrogen and oxygen atoms in total. The summed E-state index contributed by atoms with van der Waals surface area (Å²) in [5, 5.41) is 12.6. The van der Waals surface area contributed by atoms with Crippen LogP contribution in [0.5, 0.6) is 5.75 Å². The van der Waals surface area contributed by atoms with Gasteiger partial charge >= 0.3 is 0 Å². The van der Waals surface area contributed by atoms with E-state index in [1.807, 2.05) is 12.1 Å². The third-order valence-corrected chi connectivity index (χ3v) is 2.43. The molecule has 2 rings (SSSR count). The molecule has 64 valence electrons. The van der Waals surface area contributed by atoms with Crippen LogP contribution in [-0.2, 0) is 6.54 Å². The van der Waals surface area contributed by atoms with Crippen molar-refractivity contribution in [2.24, 2.45) is 0 Å². The topological polar surface area (TPSA) is 32.3 Å². The standard InChI is InChI=1S/C10H13NO/c1-7-5-11-6-8-2-3-9(12)4-10(7)8/h2-4,7,11-12H,5-6H2,1H3. The molecule has 0 amide bonds. The first-order valence-corrected chi connectivity index (χ1v) is 4.30. The van der Waals surface area contributed by atoms with E-state index < -0.39 is 0 Å². The minimum atomic E-state index is 0.377. The van der Waals surface area contributed by atoms with Crippen molar-refractivity contribution >= 4 is 0 Å². The zero-order valence-electron chi connectivity index (χ0n) is 7.17. The highest BCUT2D eigenvalue weighted by atomic mass is 16.3. The van der Waals surface area contributed by atoms with Gasteiger partial charge in [0.15, 0.2) is 0 Å². The highest BCUT2D eigenvalue weighted by molar-refractivity contribution is 5.38. The number of hydrogen-bond acceptors (Lipinski definition) is 2. The first-order chi connectivity index (χ1) is 5.77. The Hall–Kier alpha value is -1.02. The summed E-state index contributed by atoms with van der Waals surface area (Å²) in [6, 6.07) is 5.62. The van der Waals surface area contributed by atoms with Crippen LogP contribution < -0.4 is 5.32 Å². The third kappa shape index (κ3) is 1.18. The molecule has 1 aliphatic rings. The quantitative estimate of drug-likeness (QED) is 0.609. The van der Waals surface area contributed by atoms with E-state index in [9.17, 15) is 5.11 Å². The number of hydrogen-bond donors (Lipinski definition) is 2. The fourth-order valence-corrected chi connectivity index (χ4v) is 1.74. The highest BCUT2D eigenvalue weighted by Crippen LogP contribution is 2.26. The maximum absolute atomic E-state index is 9.29. The average Bonchev–Trinajstić information content (AvgIpc) is 2.07. The Morgan fingerprint density at radius 1 is 1.50 bits per heavy atom. The van der Waals surface area contributed by atoms with E-state index in [0.717, 1.165) is 13.1 Å². The average molecular weight is 163 g/mol. The molecule has 0 radical (unpaired) electrons. The number of fused-ring (bicyclic) bond motifs is 1. The lowest BCUT2D eigenvalue weighted by molar-refractivity contribution is 0.470. The van der Waals surface area contributed by atoms with Crippen molar-refractivity contribution in [3.05, 3.63) is 29.3 Å². The lowest BCUT2D eigenvalue weighted by Crippen LogP contribution is -2.26. The first kappa shape index (κ1) is 7.62. The van der Waals surface area contributed by atoms with E-state index in [1.165, 1.54) is 11.1 Å². The van der Waals surface area contributed by atoms with E-state index in [4.69, 9.17) is 0 Å². The number of rotatable bonds is 0. The first-order valence-electron chi connectivity index (χ1n) is 4.30. The Kier molecular flexibility index (Phi) is 1.77. The highest BCUT2D eigenvalue weighted by Gasteiger charge is 2.15. The van der Waals surface area contributed by atoms with Gasteiger partial charge in [0.2, 0.25) is 0 Å². The molecule has 1 atom stereocenters. The number of benzene rings is 1. The van der Waals surface area contributed by atoms with Gasteiger partial charge < -0.3 is 10.4 Å². The van der Waals surface area contributed by atoms with E-state index >= 15 is 0 Å². The van der Waals surface area contributed by atoms with Gasteiger partial charge in [-0.25, -0.2) is 0 Å². The van der Waals surface area contributed by atoms with Crippen molar-refractivity contribution in [3.63, 3.8) is 0 Å². The molecule has 1 aromatic carbocycles. The van der Waals surface area contributed by atoms with Crippen LogP contribution >= 0.6 is 0 Å². The van der Waals surface area contributed by atoms with Gasteiger partial charge in [0, 0.05) is 13.1 Å². The number of phenols is 1. The van der Waals surface area contributed by atoms with Crippen LogP contribution in [0.15, 0.2) is 18.2 Å². The van der Waals surface area contributed by atoms with E-state index in [1.54, 1.807) is 6.07 Å². The minimum Gasteiger partial charge on any atom is -0.508 e. The summed E-state index contributed by atoms with van der Waals surface area (Å²) < 4.78 is 0. The van der Waals surface area contributed by atoms with Crippen LogP contribution in [0.2, 0.25) is 0 Å². The summed E-state index contributed by atoms with van der Waals surface area (Å²) in [6.07, 6.45) is 0. The predicted octanol–water partition coefficient (Wildman–Crippen LogP) is 1.60. The molecule has 0 bridgehead atoms.